The Bertz CT molecular complexity index is 3830. The summed E-state index contributed by atoms with van der Waals surface area (Å²) in [6, 6.07) is 76.6. The van der Waals surface area contributed by atoms with Gasteiger partial charge in [-0.2, -0.15) is 5.26 Å². The number of rotatable bonds is 9. The van der Waals surface area contributed by atoms with Gasteiger partial charge in [-0.05, 0) is 82.9 Å². The summed E-state index contributed by atoms with van der Waals surface area (Å²) in [5, 5.41) is 11.8. The zero-order valence-corrected chi connectivity index (χ0v) is 37.9. The molecule has 12 aromatic rings. The van der Waals surface area contributed by atoms with Crippen LogP contribution in [-0.4, -0.2) is 34.5 Å². The molecule has 0 aliphatic carbocycles. The molecule has 0 fully saturated rings. The van der Waals surface area contributed by atoms with Gasteiger partial charge in [-0.1, -0.05) is 164 Å². The highest BCUT2D eigenvalue weighted by Gasteiger charge is 2.23. The minimum Gasteiger partial charge on any atom is -0.308 e. The standard InChI is InChI=1S/C62H37N9/c1-64-50-27-15-26-46(35-50)48-29-32-55-52(37-48)51-36-47(45-25-14-16-40(34-45)39-63)28-31-54(51)71(55)56-33-30-49(61-67-57(41-17-6-2-7-18-41)65-58(68-61)42-19-8-3-9-20-42)38-53(56)62-69-59(43-21-10-4-11-22-43)66-60(70-62)44-23-12-5-13-24-44/h2-38H. The minimum atomic E-state index is 0.461. The number of hydrogen-bond donors (Lipinski definition) is 0. The Hall–Kier alpha value is -10.2. The predicted octanol–water partition coefficient (Wildman–Crippen LogP) is 14.9. The second-order valence-electron chi connectivity index (χ2n) is 17.0. The SMILES string of the molecule is [C-]#[N+]c1cccc(-c2ccc3c(c2)c2cc(-c4cccc(C#N)c4)ccc2n3-c2ccc(-c3nc(-c4ccccc4)nc(-c4ccccc4)n3)cc2-c2nc(-c3ccccc3)nc(-c3ccccc3)n2)c1. The lowest BCUT2D eigenvalue weighted by molar-refractivity contribution is 1.06. The van der Waals surface area contributed by atoms with Gasteiger partial charge in [0.05, 0.1) is 34.9 Å². The Morgan fingerprint density at radius 1 is 0.352 bits per heavy atom. The first kappa shape index (κ1) is 42.2. The van der Waals surface area contributed by atoms with Crippen LogP contribution in [0.2, 0.25) is 0 Å². The van der Waals surface area contributed by atoms with E-state index in [4.69, 9.17) is 36.5 Å². The van der Waals surface area contributed by atoms with Crippen LogP contribution in [0.25, 0.3) is 123 Å². The molecule has 9 aromatic carbocycles. The van der Waals surface area contributed by atoms with Gasteiger partial charge in [-0.25, -0.2) is 34.7 Å². The molecule has 9 heteroatoms. The van der Waals surface area contributed by atoms with Gasteiger partial charge in [0, 0.05) is 44.2 Å². The lowest BCUT2D eigenvalue weighted by Gasteiger charge is -2.16. The maximum absolute atomic E-state index is 9.84. The summed E-state index contributed by atoms with van der Waals surface area (Å²) >= 11 is 0. The fourth-order valence-corrected chi connectivity index (χ4v) is 9.08. The highest BCUT2D eigenvalue weighted by atomic mass is 15.1. The van der Waals surface area contributed by atoms with Crippen LogP contribution in [0, 0.1) is 17.9 Å². The molecule has 0 unspecified atom stereocenters. The molecule has 0 spiro atoms. The summed E-state index contributed by atoms with van der Waals surface area (Å²) in [4.78, 5) is 34.6. The van der Waals surface area contributed by atoms with E-state index in [-0.39, 0.29) is 0 Å². The molecule has 71 heavy (non-hydrogen) atoms. The molecule has 0 aliphatic rings. The molecule has 0 bridgehead atoms. The van der Waals surface area contributed by atoms with Crippen LogP contribution < -0.4 is 0 Å². The van der Waals surface area contributed by atoms with Crippen molar-refractivity contribution in [2.75, 3.05) is 0 Å². The average molecular weight is 908 g/mol. The van der Waals surface area contributed by atoms with Crippen molar-refractivity contribution < 1.29 is 0 Å². The largest absolute Gasteiger partial charge is 0.308 e. The normalized spacial score (nSPS) is 11.1. The van der Waals surface area contributed by atoms with Crippen molar-refractivity contribution in [1.29, 1.82) is 5.26 Å². The van der Waals surface area contributed by atoms with E-state index in [1.54, 1.807) is 0 Å². The van der Waals surface area contributed by atoms with Crippen molar-refractivity contribution in [3.05, 3.63) is 241 Å². The zero-order valence-electron chi connectivity index (χ0n) is 37.9. The molecule has 12 rings (SSSR count). The van der Waals surface area contributed by atoms with E-state index >= 15 is 0 Å². The second kappa shape index (κ2) is 18.1. The van der Waals surface area contributed by atoms with Crippen LogP contribution in [-0.2, 0) is 0 Å². The van der Waals surface area contributed by atoms with Crippen molar-refractivity contribution in [3.8, 4) is 102 Å². The van der Waals surface area contributed by atoms with Gasteiger partial charge in [0.2, 0.25) is 0 Å². The van der Waals surface area contributed by atoms with E-state index in [0.717, 1.165) is 83.1 Å². The van der Waals surface area contributed by atoms with Crippen molar-refractivity contribution in [3.63, 3.8) is 0 Å². The van der Waals surface area contributed by atoms with Gasteiger partial charge < -0.3 is 4.57 Å². The summed E-state index contributed by atoms with van der Waals surface area (Å²) < 4.78 is 2.27. The summed E-state index contributed by atoms with van der Waals surface area (Å²) in [5.41, 5.74) is 12.6. The van der Waals surface area contributed by atoms with Crippen LogP contribution in [0.4, 0.5) is 5.69 Å². The van der Waals surface area contributed by atoms with Crippen LogP contribution in [0.1, 0.15) is 5.56 Å². The van der Waals surface area contributed by atoms with Crippen molar-refractivity contribution in [2.24, 2.45) is 0 Å². The van der Waals surface area contributed by atoms with Crippen molar-refractivity contribution >= 4 is 27.5 Å². The molecule has 0 atom stereocenters. The number of hydrogen-bond acceptors (Lipinski definition) is 7. The Kier molecular flexibility index (Phi) is 10.8. The number of nitrogens with zero attached hydrogens (tertiary/aromatic N) is 9. The molecule has 3 aromatic heterocycles. The number of nitriles is 1. The molecule has 0 saturated heterocycles. The van der Waals surface area contributed by atoms with E-state index in [2.05, 4.69) is 70.1 Å². The maximum atomic E-state index is 9.84. The van der Waals surface area contributed by atoms with Gasteiger partial charge >= 0.3 is 0 Å². The van der Waals surface area contributed by atoms with Gasteiger partial charge in [0.1, 0.15) is 0 Å². The fraction of sp³-hybridized carbons (Fsp3) is 0. The lowest BCUT2D eigenvalue weighted by Crippen LogP contribution is -2.05. The zero-order chi connectivity index (χ0) is 47.7. The molecular formula is C62H37N9. The summed E-state index contributed by atoms with van der Waals surface area (Å²) in [7, 11) is 0. The molecule has 0 N–H and O–H groups in total. The third-order valence-electron chi connectivity index (χ3n) is 12.5. The molecule has 9 nitrogen and oxygen atoms in total. The molecule has 0 aliphatic heterocycles. The number of benzene rings is 9. The second-order valence-corrected chi connectivity index (χ2v) is 17.0. The summed E-state index contributed by atoms with van der Waals surface area (Å²) in [5.74, 6) is 3.11. The van der Waals surface area contributed by atoms with E-state index in [9.17, 15) is 5.26 Å². The van der Waals surface area contributed by atoms with E-state index in [1.165, 1.54) is 0 Å². The molecule has 0 saturated carbocycles. The topological polar surface area (TPSA) is 110 Å². The van der Waals surface area contributed by atoms with Gasteiger partial charge in [0.25, 0.3) is 0 Å². The summed E-state index contributed by atoms with van der Waals surface area (Å²) in [6.07, 6.45) is 0. The van der Waals surface area contributed by atoms with Crippen molar-refractivity contribution in [1.82, 2.24) is 34.5 Å². The van der Waals surface area contributed by atoms with Crippen molar-refractivity contribution in [2.45, 2.75) is 0 Å². The third kappa shape index (κ3) is 8.12. The third-order valence-corrected chi connectivity index (χ3v) is 12.5. The summed E-state index contributed by atoms with van der Waals surface area (Å²) in [6.45, 7) is 7.74. The van der Waals surface area contributed by atoms with Crippen LogP contribution >= 0.6 is 0 Å². The monoisotopic (exact) mass is 907 g/mol. The van der Waals surface area contributed by atoms with E-state index < -0.39 is 0 Å². The molecule has 0 radical (unpaired) electrons. The minimum absolute atomic E-state index is 0.461. The molecule has 330 valence electrons. The molecule has 0 amide bonds. The van der Waals surface area contributed by atoms with Gasteiger partial charge in [-0.15, -0.1) is 0 Å². The smallest absolute Gasteiger partial charge is 0.187 e. The van der Waals surface area contributed by atoms with Crippen LogP contribution in [0.15, 0.2) is 224 Å². The Morgan fingerprint density at radius 3 is 1.21 bits per heavy atom. The molecule has 3 heterocycles. The quantitative estimate of drug-likeness (QED) is 0.133. The first-order chi connectivity index (χ1) is 35.1. The molecular weight excluding hydrogens is 871 g/mol. The average Bonchev–Trinajstić information content (AvgIpc) is 3.78. The Morgan fingerprint density at radius 2 is 0.746 bits per heavy atom. The Balaban J connectivity index is 1.15. The highest BCUT2D eigenvalue weighted by Crippen LogP contribution is 2.41. The lowest BCUT2D eigenvalue weighted by atomic mass is 9.99. The van der Waals surface area contributed by atoms with Gasteiger partial charge in [0.15, 0.2) is 40.6 Å². The first-order valence-electron chi connectivity index (χ1n) is 23.0. The highest BCUT2D eigenvalue weighted by molar-refractivity contribution is 6.12. The first-order valence-corrected chi connectivity index (χ1v) is 23.0. The van der Waals surface area contributed by atoms with E-state index in [0.29, 0.717) is 46.2 Å². The van der Waals surface area contributed by atoms with Crippen LogP contribution in [0.5, 0.6) is 0 Å². The maximum Gasteiger partial charge on any atom is 0.187 e. The van der Waals surface area contributed by atoms with E-state index in [1.807, 2.05) is 170 Å². The number of fused-ring (bicyclic) bond motifs is 3. The fourth-order valence-electron chi connectivity index (χ4n) is 9.08. The number of aromatic nitrogens is 7. The van der Waals surface area contributed by atoms with Crippen LogP contribution in [0.3, 0.4) is 0 Å². The van der Waals surface area contributed by atoms with Gasteiger partial charge in [-0.3, -0.25) is 0 Å². The predicted molar refractivity (Wildman–Crippen MR) is 282 cm³/mol. The Labute approximate surface area is 409 Å².